The van der Waals surface area contributed by atoms with Crippen molar-refractivity contribution in [2.24, 2.45) is 0 Å². The van der Waals surface area contributed by atoms with Crippen LogP contribution in [0.2, 0.25) is 0 Å². The molecule has 1 aromatic heterocycles. The number of carbonyl (C=O) groups is 1. The SMILES string of the molecule is C=C(Br)C(=O)Nc1ccc(Nc2nc(N)cc(N)c2C#N)cc1S(=O)(=O)O. The lowest BCUT2D eigenvalue weighted by molar-refractivity contribution is -0.112. The maximum atomic E-state index is 11.7. The van der Waals surface area contributed by atoms with Crippen molar-refractivity contribution in [1.29, 1.82) is 5.26 Å². The molecule has 1 aromatic carbocycles. The van der Waals surface area contributed by atoms with Crippen LogP contribution in [0.15, 0.2) is 40.2 Å². The van der Waals surface area contributed by atoms with Gasteiger partial charge < -0.3 is 22.1 Å². The van der Waals surface area contributed by atoms with Gasteiger partial charge in [-0.2, -0.15) is 13.7 Å². The molecule has 0 bridgehead atoms. The van der Waals surface area contributed by atoms with Crippen LogP contribution in [0.5, 0.6) is 0 Å². The predicted molar refractivity (Wildman–Crippen MR) is 104 cm³/mol. The van der Waals surface area contributed by atoms with Crippen LogP contribution in [-0.2, 0) is 14.9 Å². The summed E-state index contributed by atoms with van der Waals surface area (Å²) in [6.07, 6.45) is 0. The number of nitrogens with zero attached hydrogens (tertiary/aromatic N) is 2. The molecule has 140 valence electrons. The fraction of sp³-hybridized carbons (Fsp3) is 0. The summed E-state index contributed by atoms with van der Waals surface area (Å²) in [5.74, 6) is -0.650. The van der Waals surface area contributed by atoms with Gasteiger partial charge in [-0.1, -0.05) is 6.58 Å². The van der Waals surface area contributed by atoms with Crippen molar-refractivity contribution < 1.29 is 17.8 Å². The molecule has 0 aliphatic carbocycles. The van der Waals surface area contributed by atoms with Gasteiger partial charge in [0.25, 0.3) is 16.0 Å². The summed E-state index contributed by atoms with van der Waals surface area (Å²) >= 11 is 2.87. The summed E-state index contributed by atoms with van der Waals surface area (Å²) in [4.78, 5) is 15.1. The molecular weight excluding hydrogens is 440 g/mol. The minimum Gasteiger partial charge on any atom is -0.397 e. The number of hydrogen-bond acceptors (Lipinski definition) is 8. The zero-order valence-electron chi connectivity index (χ0n) is 13.5. The quantitative estimate of drug-likeness (QED) is 0.333. The van der Waals surface area contributed by atoms with Crippen molar-refractivity contribution in [2.45, 2.75) is 4.90 Å². The van der Waals surface area contributed by atoms with Gasteiger partial charge in [-0.25, -0.2) is 4.98 Å². The largest absolute Gasteiger partial charge is 0.397 e. The Morgan fingerprint density at radius 2 is 2.00 bits per heavy atom. The Kier molecular flexibility index (Phi) is 5.69. The summed E-state index contributed by atoms with van der Waals surface area (Å²) in [5.41, 5.74) is 11.4. The van der Waals surface area contributed by atoms with E-state index in [-0.39, 0.29) is 38.7 Å². The molecule has 1 heterocycles. The standard InChI is InChI=1S/C15H13BrN6O4S/c1-7(16)15(23)21-11-3-2-8(4-12(11)27(24,25)26)20-14-9(6-17)10(18)5-13(19)22-14/h2-5H,1H2,(H,21,23)(H,24,25,26)(H5,18,19,20,22). The van der Waals surface area contributed by atoms with E-state index in [4.69, 9.17) is 11.5 Å². The molecule has 0 spiro atoms. The van der Waals surface area contributed by atoms with Crippen molar-refractivity contribution in [2.75, 3.05) is 22.1 Å². The number of benzene rings is 1. The number of anilines is 5. The number of aromatic nitrogens is 1. The number of nitrogen functional groups attached to an aromatic ring is 2. The second-order valence-electron chi connectivity index (χ2n) is 5.14. The molecule has 2 rings (SSSR count). The van der Waals surface area contributed by atoms with Crippen LogP contribution in [0.25, 0.3) is 0 Å². The Morgan fingerprint density at radius 1 is 1.33 bits per heavy atom. The van der Waals surface area contributed by atoms with Gasteiger partial charge >= 0.3 is 0 Å². The zero-order valence-corrected chi connectivity index (χ0v) is 15.9. The first-order valence-electron chi connectivity index (χ1n) is 7.03. The number of rotatable bonds is 5. The number of nitrogens with one attached hydrogen (secondary N) is 2. The van der Waals surface area contributed by atoms with E-state index >= 15 is 0 Å². The summed E-state index contributed by atoms with van der Waals surface area (Å²) in [6, 6.07) is 6.84. The van der Waals surface area contributed by atoms with E-state index in [1.165, 1.54) is 18.2 Å². The Labute approximate surface area is 162 Å². The third-order valence-corrected chi connectivity index (χ3v) is 4.45. The fourth-order valence-electron chi connectivity index (χ4n) is 2.04. The highest BCUT2D eigenvalue weighted by Crippen LogP contribution is 2.29. The van der Waals surface area contributed by atoms with Gasteiger partial charge in [-0.05, 0) is 34.1 Å². The highest BCUT2D eigenvalue weighted by Gasteiger charge is 2.19. The van der Waals surface area contributed by atoms with Crippen LogP contribution >= 0.6 is 15.9 Å². The van der Waals surface area contributed by atoms with E-state index < -0.39 is 20.9 Å². The molecule has 0 atom stereocenters. The molecular formula is C15H13BrN6O4S. The van der Waals surface area contributed by atoms with Crippen molar-refractivity contribution >= 4 is 60.7 Å². The smallest absolute Gasteiger partial charge is 0.296 e. The zero-order chi connectivity index (χ0) is 20.4. The van der Waals surface area contributed by atoms with Crippen LogP contribution in [-0.4, -0.2) is 23.9 Å². The average Bonchev–Trinajstić information content (AvgIpc) is 2.54. The summed E-state index contributed by atoms with van der Waals surface area (Å²) in [7, 11) is -4.69. The Bertz CT molecular complexity index is 1090. The molecule has 0 unspecified atom stereocenters. The molecule has 0 aliphatic rings. The van der Waals surface area contributed by atoms with Crippen molar-refractivity contribution in [3.05, 3.63) is 40.9 Å². The molecule has 10 nitrogen and oxygen atoms in total. The van der Waals surface area contributed by atoms with Crippen molar-refractivity contribution in [1.82, 2.24) is 4.98 Å². The van der Waals surface area contributed by atoms with Crippen molar-refractivity contribution in [3.63, 3.8) is 0 Å². The van der Waals surface area contributed by atoms with Crippen LogP contribution in [0.3, 0.4) is 0 Å². The minimum atomic E-state index is -4.69. The number of nitriles is 1. The second kappa shape index (κ2) is 7.62. The molecule has 0 aliphatic heterocycles. The first kappa shape index (κ1) is 20.2. The number of halogens is 1. The Hall–Kier alpha value is -3.14. The van der Waals surface area contributed by atoms with E-state index in [9.17, 15) is 23.0 Å². The van der Waals surface area contributed by atoms with E-state index in [1.807, 2.05) is 6.07 Å². The first-order valence-corrected chi connectivity index (χ1v) is 9.26. The lowest BCUT2D eigenvalue weighted by Crippen LogP contribution is -2.14. The minimum absolute atomic E-state index is 0.00177. The van der Waals surface area contributed by atoms with Gasteiger partial charge in [0.1, 0.15) is 22.3 Å². The van der Waals surface area contributed by atoms with Gasteiger partial charge in [0.05, 0.1) is 15.9 Å². The third-order valence-electron chi connectivity index (χ3n) is 3.20. The maximum Gasteiger partial charge on any atom is 0.296 e. The van der Waals surface area contributed by atoms with E-state index in [1.54, 1.807) is 0 Å². The Balaban J connectivity index is 2.51. The lowest BCUT2D eigenvalue weighted by Gasteiger charge is -2.13. The molecule has 0 saturated carbocycles. The number of nitrogens with two attached hydrogens (primary N) is 2. The first-order chi connectivity index (χ1) is 12.5. The number of amides is 1. The summed E-state index contributed by atoms with van der Waals surface area (Å²) in [6.45, 7) is 3.37. The number of pyridine rings is 1. The highest BCUT2D eigenvalue weighted by atomic mass is 79.9. The topological polar surface area (TPSA) is 184 Å². The van der Waals surface area contributed by atoms with Gasteiger partial charge in [0.2, 0.25) is 0 Å². The van der Waals surface area contributed by atoms with Gasteiger partial charge in [0, 0.05) is 11.8 Å². The van der Waals surface area contributed by atoms with Crippen LogP contribution in [0.1, 0.15) is 5.56 Å². The maximum absolute atomic E-state index is 11.7. The molecule has 0 fully saturated rings. The van der Waals surface area contributed by atoms with E-state index in [0.29, 0.717) is 0 Å². The van der Waals surface area contributed by atoms with E-state index in [2.05, 4.69) is 38.1 Å². The number of carbonyl (C=O) groups excluding carboxylic acids is 1. The van der Waals surface area contributed by atoms with Gasteiger partial charge in [0.15, 0.2) is 5.82 Å². The van der Waals surface area contributed by atoms with Gasteiger partial charge in [-0.3, -0.25) is 9.35 Å². The monoisotopic (exact) mass is 452 g/mol. The molecule has 2 aromatic rings. The second-order valence-corrected chi connectivity index (χ2v) is 7.49. The van der Waals surface area contributed by atoms with Crippen molar-refractivity contribution in [3.8, 4) is 6.07 Å². The van der Waals surface area contributed by atoms with Crippen LogP contribution in [0.4, 0.5) is 28.7 Å². The molecule has 0 saturated heterocycles. The molecule has 12 heteroatoms. The number of hydrogen-bond donors (Lipinski definition) is 5. The van der Waals surface area contributed by atoms with Crippen LogP contribution in [0, 0.1) is 11.3 Å². The van der Waals surface area contributed by atoms with E-state index in [0.717, 1.165) is 6.07 Å². The molecule has 1 amide bonds. The summed E-state index contributed by atoms with van der Waals surface area (Å²) in [5, 5.41) is 14.2. The van der Waals surface area contributed by atoms with Gasteiger partial charge in [-0.15, -0.1) is 0 Å². The third kappa shape index (κ3) is 4.73. The average molecular weight is 453 g/mol. The molecule has 0 radical (unpaired) electrons. The normalized spacial score (nSPS) is 10.7. The highest BCUT2D eigenvalue weighted by molar-refractivity contribution is 9.12. The molecule has 27 heavy (non-hydrogen) atoms. The Morgan fingerprint density at radius 3 is 2.56 bits per heavy atom. The summed E-state index contributed by atoms with van der Waals surface area (Å²) < 4.78 is 32.8. The van der Waals surface area contributed by atoms with Crippen LogP contribution < -0.4 is 22.1 Å². The molecule has 7 N–H and O–H groups in total. The lowest BCUT2D eigenvalue weighted by atomic mass is 10.2. The fourth-order valence-corrected chi connectivity index (χ4v) is 2.81. The predicted octanol–water partition coefficient (Wildman–Crippen LogP) is 1.96.